The van der Waals surface area contributed by atoms with Crippen LogP contribution in [0.1, 0.15) is 24.5 Å². The van der Waals surface area contributed by atoms with Crippen molar-refractivity contribution in [1.29, 1.82) is 5.26 Å². The quantitative estimate of drug-likeness (QED) is 0.762. The van der Waals surface area contributed by atoms with Gasteiger partial charge in [0.15, 0.2) is 0 Å². The van der Waals surface area contributed by atoms with Crippen molar-refractivity contribution in [2.45, 2.75) is 19.9 Å². The second-order valence-electron chi connectivity index (χ2n) is 4.55. The monoisotopic (exact) mass is 218 g/mol. The van der Waals surface area contributed by atoms with Crippen molar-refractivity contribution in [2.75, 3.05) is 13.1 Å². The largest absolute Gasteiger partial charge is 0.299 e. The van der Waals surface area contributed by atoms with Crippen LogP contribution in [0.5, 0.6) is 0 Å². The van der Waals surface area contributed by atoms with E-state index in [1.165, 1.54) is 18.6 Å². The van der Waals surface area contributed by atoms with E-state index in [4.69, 9.17) is 5.26 Å². The van der Waals surface area contributed by atoms with Crippen LogP contribution in [0.3, 0.4) is 0 Å². The predicted octanol–water partition coefficient (Wildman–Crippen LogP) is 2.54. The van der Waals surface area contributed by atoms with Crippen LogP contribution in [0.4, 0.5) is 4.39 Å². The Bertz CT molecular complexity index is 422. The Morgan fingerprint density at radius 1 is 1.56 bits per heavy atom. The summed E-state index contributed by atoms with van der Waals surface area (Å²) in [6.07, 6.45) is 1.18. The van der Waals surface area contributed by atoms with Gasteiger partial charge >= 0.3 is 0 Å². The summed E-state index contributed by atoms with van der Waals surface area (Å²) in [6.45, 7) is 4.88. The summed E-state index contributed by atoms with van der Waals surface area (Å²) in [5, 5.41) is 8.77. The number of hydrogen-bond donors (Lipinski definition) is 0. The summed E-state index contributed by atoms with van der Waals surface area (Å²) in [5.74, 6) is 0.487. The van der Waals surface area contributed by atoms with Gasteiger partial charge in [-0.2, -0.15) is 5.26 Å². The maximum Gasteiger partial charge on any atom is 0.127 e. The van der Waals surface area contributed by atoms with Gasteiger partial charge in [-0.1, -0.05) is 6.92 Å². The van der Waals surface area contributed by atoms with E-state index >= 15 is 0 Å². The first-order chi connectivity index (χ1) is 7.69. The third-order valence-corrected chi connectivity index (χ3v) is 3.08. The van der Waals surface area contributed by atoms with E-state index in [-0.39, 0.29) is 5.82 Å². The van der Waals surface area contributed by atoms with Crippen LogP contribution in [0.2, 0.25) is 0 Å². The second kappa shape index (κ2) is 4.63. The minimum Gasteiger partial charge on any atom is -0.299 e. The van der Waals surface area contributed by atoms with Crippen LogP contribution >= 0.6 is 0 Å². The van der Waals surface area contributed by atoms with Crippen LogP contribution in [-0.2, 0) is 6.54 Å². The van der Waals surface area contributed by atoms with Crippen molar-refractivity contribution in [3.8, 4) is 6.07 Å². The van der Waals surface area contributed by atoms with Gasteiger partial charge in [-0.3, -0.25) is 4.90 Å². The molecule has 1 aliphatic heterocycles. The van der Waals surface area contributed by atoms with Crippen molar-refractivity contribution in [3.63, 3.8) is 0 Å². The molecule has 3 heteroatoms. The number of hydrogen-bond acceptors (Lipinski definition) is 2. The predicted molar refractivity (Wildman–Crippen MR) is 60.2 cm³/mol. The van der Waals surface area contributed by atoms with E-state index in [2.05, 4.69) is 11.8 Å². The normalized spacial score (nSPS) is 20.9. The molecule has 1 atom stereocenters. The van der Waals surface area contributed by atoms with Gasteiger partial charge in [-0.05, 0) is 37.1 Å². The van der Waals surface area contributed by atoms with Gasteiger partial charge in [0, 0.05) is 18.7 Å². The van der Waals surface area contributed by atoms with Crippen LogP contribution in [-0.4, -0.2) is 18.0 Å². The molecule has 1 fully saturated rings. The average Bonchev–Trinajstić information content (AvgIpc) is 2.67. The number of rotatable bonds is 2. The minimum atomic E-state index is -0.210. The SMILES string of the molecule is CC1CCN(Cc2cc(C#N)ccc2F)C1. The Labute approximate surface area is 95.3 Å². The lowest BCUT2D eigenvalue weighted by atomic mass is 10.1. The molecular weight excluding hydrogens is 203 g/mol. The molecule has 0 aliphatic carbocycles. The first kappa shape index (κ1) is 11.1. The molecule has 16 heavy (non-hydrogen) atoms. The molecule has 0 aromatic heterocycles. The molecule has 0 radical (unpaired) electrons. The highest BCUT2D eigenvalue weighted by Gasteiger charge is 2.19. The van der Waals surface area contributed by atoms with Gasteiger partial charge in [0.1, 0.15) is 5.82 Å². The summed E-state index contributed by atoms with van der Waals surface area (Å²) < 4.78 is 13.5. The van der Waals surface area contributed by atoms with E-state index in [1.807, 2.05) is 6.07 Å². The summed E-state index contributed by atoms with van der Waals surface area (Å²) in [4.78, 5) is 2.24. The summed E-state index contributed by atoms with van der Waals surface area (Å²) in [5.41, 5.74) is 1.16. The molecule has 0 bridgehead atoms. The summed E-state index contributed by atoms with van der Waals surface area (Å²) in [7, 11) is 0. The number of benzene rings is 1. The van der Waals surface area contributed by atoms with Gasteiger partial charge in [-0.15, -0.1) is 0 Å². The van der Waals surface area contributed by atoms with Crippen molar-refractivity contribution in [2.24, 2.45) is 5.92 Å². The van der Waals surface area contributed by atoms with Crippen LogP contribution in [0.15, 0.2) is 18.2 Å². The molecule has 1 aromatic carbocycles. The summed E-state index contributed by atoms with van der Waals surface area (Å²) in [6, 6.07) is 6.60. The third kappa shape index (κ3) is 2.40. The van der Waals surface area contributed by atoms with Crippen molar-refractivity contribution in [3.05, 3.63) is 35.1 Å². The molecule has 1 aliphatic rings. The fourth-order valence-electron chi connectivity index (χ4n) is 2.18. The second-order valence-corrected chi connectivity index (χ2v) is 4.55. The van der Waals surface area contributed by atoms with Crippen molar-refractivity contribution in [1.82, 2.24) is 4.90 Å². The zero-order chi connectivity index (χ0) is 11.5. The molecule has 0 saturated carbocycles. The molecule has 0 N–H and O–H groups in total. The lowest BCUT2D eigenvalue weighted by Crippen LogP contribution is -2.20. The number of likely N-dealkylation sites (tertiary alicyclic amines) is 1. The Morgan fingerprint density at radius 3 is 3.00 bits per heavy atom. The third-order valence-electron chi connectivity index (χ3n) is 3.08. The fourth-order valence-corrected chi connectivity index (χ4v) is 2.18. The molecule has 1 heterocycles. The first-order valence-electron chi connectivity index (χ1n) is 5.60. The van der Waals surface area contributed by atoms with E-state index in [0.29, 0.717) is 23.6 Å². The highest BCUT2D eigenvalue weighted by atomic mass is 19.1. The smallest absolute Gasteiger partial charge is 0.127 e. The van der Waals surface area contributed by atoms with Gasteiger partial charge < -0.3 is 0 Å². The molecule has 84 valence electrons. The van der Waals surface area contributed by atoms with Gasteiger partial charge in [0.25, 0.3) is 0 Å². The van der Waals surface area contributed by atoms with Gasteiger partial charge in [0.2, 0.25) is 0 Å². The standard InChI is InChI=1S/C13H15FN2/c1-10-4-5-16(8-10)9-12-6-11(7-15)2-3-13(12)14/h2-3,6,10H,4-5,8-9H2,1H3. The molecular formula is C13H15FN2. The molecule has 1 saturated heterocycles. The molecule has 2 nitrogen and oxygen atoms in total. The maximum atomic E-state index is 13.5. The zero-order valence-electron chi connectivity index (χ0n) is 9.41. The Morgan fingerprint density at radius 2 is 2.38 bits per heavy atom. The van der Waals surface area contributed by atoms with E-state index in [9.17, 15) is 4.39 Å². The molecule has 1 unspecified atom stereocenters. The highest BCUT2D eigenvalue weighted by Crippen LogP contribution is 2.19. The topological polar surface area (TPSA) is 27.0 Å². The Hall–Kier alpha value is -1.40. The van der Waals surface area contributed by atoms with E-state index in [1.54, 1.807) is 6.07 Å². The lowest BCUT2D eigenvalue weighted by Gasteiger charge is -2.15. The number of nitrogens with zero attached hydrogens (tertiary/aromatic N) is 2. The fraction of sp³-hybridized carbons (Fsp3) is 0.462. The zero-order valence-corrected chi connectivity index (χ0v) is 9.41. The average molecular weight is 218 g/mol. The van der Waals surface area contributed by atoms with Gasteiger partial charge in [0.05, 0.1) is 11.6 Å². The van der Waals surface area contributed by atoms with Gasteiger partial charge in [-0.25, -0.2) is 4.39 Å². The molecule has 0 spiro atoms. The number of nitriles is 1. The first-order valence-corrected chi connectivity index (χ1v) is 5.60. The van der Waals surface area contributed by atoms with Crippen molar-refractivity contribution < 1.29 is 4.39 Å². The minimum absolute atomic E-state index is 0.210. The number of halogens is 1. The molecule has 2 rings (SSSR count). The molecule has 1 aromatic rings. The van der Waals surface area contributed by atoms with Crippen LogP contribution in [0, 0.1) is 23.1 Å². The lowest BCUT2D eigenvalue weighted by molar-refractivity contribution is 0.315. The Balaban J connectivity index is 2.12. The summed E-state index contributed by atoms with van der Waals surface area (Å²) >= 11 is 0. The maximum absolute atomic E-state index is 13.5. The van der Waals surface area contributed by atoms with Crippen molar-refractivity contribution >= 4 is 0 Å². The van der Waals surface area contributed by atoms with Crippen LogP contribution in [0.25, 0.3) is 0 Å². The van der Waals surface area contributed by atoms with E-state index < -0.39 is 0 Å². The highest BCUT2D eigenvalue weighted by molar-refractivity contribution is 5.33. The van der Waals surface area contributed by atoms with E-state index in [0.717, 1.165) is 13.1 Å². The molecule has 0 amide bonds. The Kier molecular flexibility index (Phi) is 3.21. The van der Waals surface area contributed by atoms with Crippen LogP contribution < -0.4 is 0 Å².